The molecule has 1 aromatic heterocycles. The molecule has 0 radical (unpaired) electrons. The lowest BCUT2D eigenvalue weighted by Crippen LogP contribution is -2.14. The van der Waals surface area contributed by atoms with E-state index in [0.29, 0.717) is 17.2 Å². The van der Waals surface area contributed by atoms with Crippen LogP contribution in [0.1, 0.15) is 28.8 Å². The molecule has 2 aromatic rings. The van der Waals surface area contributed by atoms with E-state index in [-0.39, 0.29) is 5.84 Å². The van der Waals surface area contributed by atoms with E-state index in [2.05, 4.69) is 20.9 Å². The van der Waals surface area contributed by atoms with Crippen molar-refractivity contribution in [1.29, 1.82) is 5.41 Å². The lowest BCUT2D eigenvalue weighted by atomic mass is 10.1. The van der Waals surface area contributed by atoms with Gasteiger partial charge in [-0.1, -0.05) is 6.07 Å². The van der Waals surface area contributed by atoms with Crippen LogP contribution in [0.25, 0.3) is 0 Å². The first-order chi connectivity index (χ1) is 10.0. The number of hydrogen-bond acceptors (Lipinski definition) is 3. The Morgan fingerprint density at radius 2 is 2.14 bits per heavy atom. The first-order valence-electron chi connectivity index (χ1n) is 6.86. The van der Waals surface area contributed by atoms with Gasteiger partial charge in [0.05, 0.1) is 10.0 Å². The molecule has 1 aromatic carbocycles. The Hall–Kier alpha value is -1.88. The number of ether oxygens (including phenoxy) is 1. The predicted molar refractivity (Wildman–Crippen MR) is 86.2 cm³/mol. The van der Waals surface area contributed by atoms with Crippen LogP contribution < -0.4 is 10.5 Å². The van der Waals surface area contributed by atoms with Crippen LogP contribution in [0.3, 0.4) is 0 Å². The van der Waals surface area contributed by atoms with Crippen LogP contribution in [0.15, 0.2) is 28.7 Å². The van der Waals surface area contributed by atoms with Crippen LogP contribution in [-0.4, -0.2) is 10.8 Å². The van der Waals surface area contributed by atoms with Gasteiger partial charge in [0.2, 0.25) is 5.88 Å². The number of nitrogens with zero attached hydrogens (tertiary/aromatic N) is 1. The van der Waals surface area contributed by atoms with E-state index in [1.54, 1.807) is 0 Å². The summed E-state index contributed by atoms with van der Waals surface area (Å²) in [6, 6.07) is 7.78. The second-order valence-corrected chi connectivity index (χ2v) is 6.10. The maximum absolute atomic E-state index is 7.74. The zero-order valence-electron chi connectivity index (χ0n) is 11.7. The van der Waals surface area contributed by atoms with E-state index in [9.17, 15) is 0 Å². The average molecular weight is 346 g/mol. The minimum atomic E-state index is -0.0181. The molecular weight excluding hydrogens is 330 g/mol. The highest BCUT2D eigenvalue weighted by molar-refractivity contribution is 9.10. The van der Waals surface area contributed by atoms with Gasteiger partial charge in [0, 0.05) is 5.69 Å². The summed E-state index contributed by atoms with van der Waals surface area (Å²) in [7, 11) is 0. The summed E-state index contributed by atoms with van der Waals surface area (Å²) in [4.78, 5) is 4.57. The van der Waals surface area contributed by atoms with Crippen molar-refractivity contribution in [3.05, 3.63) is 51.1 Å². The number of aromatic nitrogens is 1. The van der Waals surface area contributed by atoms with Crippen LogP contribution in [0.4, 0.5) is 0 Å². The van der Waals surface area contributed by atoms with Crippen LogP contribution in [-0.2, 0) is 12.8 Å². The maximum atomic E-state index is 7.74. The van der Waals surface area contributed by atoms with Gasteiger partial charge < -0.3 is 10.5 Å². The number of fused-ring (bicyclic) bond motifs is 1. The maximum Gasteiger partial charge on any atom is 0.230 e. The first-order valence-corrected chi connectivity index (χ1v) is 7.65. The summed E-state index contributed by atoms with van der Waals surface area (Å²) in [6.07, 6.45) is 3.05. The summed E-state index contributed by atoms with van der Waals surface area (Å²) in [5, 5.41) is 7.74. The number of hydrogen-bond donors (Lipinski definition) is 2. The summed E-state index contributed by atoms with van der Waals surface area (Å²) in [6.45, 7) is 2.02. The van der Waals surface area contributed by atoms with Crippen LogP contribution in [0, 0.1) is 12.3 Å². The summed E-state index contributed by atoms with van der Waals surface area (Å²) >= 11 is 3.49. The molecule has 0 amide bonds. The highest BCUT2D eigenvalue weighted by Gasteiger charge is 2.19. The molecule has 0 unspecified atom stereocenters. The number of pyridine rings is 1. The first kappa shape index (κ1) is 14.1. The van der Waals surface area contributed by atoms with Gasteiger partial charge in [-0.05, 0) is 71.4 Å². The zero-order valence-corrected chi connectivity index (χ0v) is 13.3. The molecule has 0 saturated heterocycles. The van der Waals surface area contributed by atoms with Gasteiger partial charge in [-0.2, -0.15) is 0 Å². The molecule has 0 fully saturated rings. The summed E-state index contributed by atoms with van der Waals surface area (Å²) < 4.78 is 6.76. The van der Waals surface area contributed by atoms with Crippen LogP contribution >= 0.6 is 15.9 Å². The van der Waals surface area contributed by atoms with Crippen molar-refractivity contribution in [3.8, 4) is 11.6 Å². The molecule has 0 aliphatic heterocycles. The van der Waals surface area contributed by atoms with E-state index in [0.717, 1.165) is 35.0 Å². The van der Waals surface area contributed by atoms with Gasteiger partial charge in [0.15, 0.2) is 0 Å². The third kappa shape index (κ3) is 2.78. The molecule has 5 heteroatoms. The molecule has 3 rings (SSSR count). The van der Waals surface area contributed by atoms with E-state index in [1.807, 2.05) is 31.2 Å². The standard InChI is InChI=1S/C16H16BrN3O/c1-9-5-6-14(12(17)7-9)21-16-11(15(18)19)8-10-3-2-4-13(10)20-16/h5-8H,2-4H2,1H3,(H3,18,19). The van der Waals surface area contributed by atoms with Gasteiger partial charge in [-0.15, -0.1) is 0 Å². The zero-order chi connectivity index (χ0) is 15.0. The molecule has 0 bridgehead atoms. The Kier molecular flexibility index (Phi) is 3.68. The van der Waals surface area contributed by atoms with E-state index in [1.165, 1.54) is 5.56 Å². The lowest BCUT2D eigenvalue weighted by Gasteiger charge is -2.13. The number of nitrogen functional groups attached to an aromatic ring is 1. The number of nitrogens with one attached hydrogen (secondary N) is 1. The predicted octanol–water partition coefficient (Wildman–Crippen LogP) is 3.72. The summed E-state index contributed by atoms with van der Waals surface area (Å²) in [5.41, 5.74) is 9.61. The van der Waals surface area contributed by atoms with Crippen molar-refractivity contribution in [1.82, 2.24) is 4.98 Å². The Labute approximate surface area is 132 Å². The molecule has 0 spiro atoms. The SMILES string of the molecule is Cc1ccc(Oc2nc3c(cc2C(=N)N)CCC3)c(Br)c1. The lowest BCUT2D eigenvalue weighted by molar-refractivity contribution is 0.457. The number of nitrogens with two attached hydrogens (primary N) is 1. The van der Waals surface area contributed by atoms with Crippen molar-refractivity contribution in [2.75, 3.05) is 0 Å². The van der Waals surface area contributed by atoms with Crippen molar-refractivity contribution in [2.45, 2.75) is 26.2 Å². The number of aryl methyl sites for hydroxylation is 3. The highest BCUT2D eigenvalue weighted by atomic mass is 79.9. The van der Waals surface area contributed by atoms with Crippen LogP contribution in [0.2, 0.25) is 0 Å². The molecule has 108 valence electrons. The van der Waals surface area contributed by atoms with Gasteiger partial charge in [-0.3, -0.25) is 5.41 Å². The fourth-order valence-electron chi connectivity index (χ4n) is 2.52. The summed E-state index contributed by atoms with van der Waals surface area (Å²) in [5.74, 6) is 1.07. The smallest absolute Gasteiger partial charge is 0.230 e. The third-order valence-electron chi connectivity index (χ3n) is 3.60. The third-order valence-corrected chi connectivity index (χ3v) is 4.22. The molecule has 1 aliphatic carbocycles. The van der Waals surface area contributed by atoms with Crippen molar-refractivity contribution < 1.29 is 4.74 Å². The molecule has 4 nitrogen and oxygen atoms in total. The molecule has 1 aliphatic rings. The van der Waals surface area contributed by atoms with Gasteiger partial charge >= 0.3 is 0 Å². The van der Waals surface area contributed by atoms with Crippen molar-refractivity contribution in [3.63, 3.8) is 0 Å². The van der Waals surface area contributed by atoms with Gasteiger partial charge in [-0.25, -0.2) is 4.98 Å². The Morgan fingerprint density at radius 3 is 2.86 bits per heavy atom. The molecule has 0 atom stereocenters. The Bertz CT molecular complexity index is 728. The van der Waals surface area contributed by atoms with Gasteiger partial charge in [0.1, 0.15) is 11.6 Å². The normalized spacial score (nSPS) is 13.0. The quantitative estimate of drug-likeness (QED) is 0.657. The molecular formula is C16H16BrN3O. The van der Waals surface area contributed by atoms with E-state index < -0.39 is 0 Å². The molecule has 21 heavy (non-hydrogen) atoms. The minimum absolute atomic E-state index is 0.0181. The molecule has 1 heterocycles. The van der Waals surface area contributed by atoms with Crippen molar-refractivity contribution >= 4 is 21.8 Å². The topological polar surface area (TPSA) is 72.0 Å². The molecule has 3 N–H and O–H groups in total. The van der Waals surface area contributed by atoms with E-state index in [4.69, 9.17) is 15.9 Å². The number of halogens is 1. The second-order valence-electron chi connectivity index (χ2n) is 5.25. The number of rotatable bonds is 3. The minimum Gasteiger partial charge on any atom is -0.437 e. The highest BCUT2D eigenvalue weighted by Crippen LogP contribution is 2.33. The Morgan fingerprint density at radius 1 is 1.33 bits per heavy atom. The average Bonchev–Trinajstić information content (AvgIpc) is 2.88. The number of amidine groups is 1. The van der Waals surface area contributed by atoms with Crippen molar-refractivity contribution in [2.24, 2.45) is 5.73 Å². The van der Waals surface area contributed by atoms with Crippen LogP contribution in [0.5, 0.6) is 11.6 Å². The fraction of sp³-hybridized carbons (Fsp3) is 0.250. The number of benzene rings is 1. The largest absolute Gasteiger partial charge is 0.437 e. The Balaban J connectivity index is 2.03. The second kappa shape index (κ2) is 5.48. The van der Waals surface area contributed by atoms with E-state index >= 15 is 0 Å². The molecule has 0 saturated carbocycles. The fourth-order valence-corrected chi connectivity index (χ4v) is 3.09. The van der Waals surface area contributed by atoms with Gasteiger partial charge in [0.25, 0.3) is 0 Å². The monoisotopic (exact) mass is 345 g/mol.